The first kappa shape index (κ1) is 27.9. The third kappa shape index (κ3) is 9.03. The van der Waals surface area contributed by atoms with Crippen LogP contribution in [0.3, 0.4) is 0 Å². The number of rotatable bonds is 12. The lowest BCUT2D eigenvalue weighted by molar-refractivity contribution is -0.156. The molecule has 3 aromatic rings. The van der Waals surface area contributed by atoms with E-state index in [1.54, 1.807) is 75.6 Å². The summed E-state index contributed by atoms with van der Waals surface area (Å²) in [6.45, 7) is 5.21. The summed E-state index contributed by atoms with van der Waals surface area (Å²) in [5, 5.41) is 2.61. The van der Waals surface area contributed by atoms with E-state index in [1.807, 2.05) is 0 Å². The number of carbonyl (C=O) groups is 2. The first-order valence-electron chi connectivity index (χ1n) is 11.8. The molecule has 0 radical (unpaired) electrons. The smallest absolute Gasteiger partial charge is 0.326 e. The number of aromatic amines is 1. The molecule has 1 heterocycles. The molecule has 0 fully saturated rings. The Morgan fingerprint density at radius 3 is 2.38 bits per heavy atom. The van der Waals surface area contributed by atoms with Crippen LogP contribution in [0.4, 0.5) is 0 Å². The molecular formula is C26H32N4O6S. The maximum absolute atomic E-state index is 12.8. The molecule has 0 spiro atoms. The van der Waals surface area contributed by atoms with Gasteiger partial charge in [-0.25, -0.2) is 13.4 Å². The van der Waals surface area contributed by atoms with Crippen LogP contribution in [0.1, 0.15) is 43.4 Å². The lowest BCUT2D eigenvalue weighted by Crippen LogP contribution is -2.50. The summed E-state index contributed by atoms with van der Waals surface area (Å²) in [6.07, 6.45) is 5.02. The van der Waals surface area contributed by atoms with E-state index in [0.717, 1.165) is 18.7 Å². The normalized spacial score (nSPS) is 12.5. The molecule has 1 unspecified atom stereocenters. The summed E-state index contributed by atoms with van der Waals surface area (Å²) in [7, 11) is -4.03. The van der Waals surface area contributed by atoms with Gasteiger partial charge >= 0.3 is 5.97 Å². The van der Waals surface area contributed by atoms with Gasteiger partial charge in [0.1, 0.15) is 23.2 Å². The van der Waals surface area contributed by atoms with Crippen LogP contribution in [0.5, 0.6) is 5.75 Å². The molecule has 1 amide bonds. The average molecular weight is 529 g/mol. The van der Waals surface area contributed by atoms with E-state index in [9.17, 15) is 18.0 Å². The molecule has 0 saturated heterocycles. The predicted molar refractivity (Wildman–Crippen MR) is 138 cm³/mol. The number of hydrogen-bond donors (Lipinski definition) is 3. The summed E-state index contributed by atoms with van der Waals surface area (Å²) < 4.78 is 39.0. The van der Waals surface area contributed by atoms with Gasteiger partial charge in [0, 0.05) is 30.9 Å². The van der Waals surface area contributed by atoms with Crippen LogP contribution >= 0.6 is 0 Å². The van der Waals surface area contributed by atoms with Crippen molar-refractivity contribution >= 4 is 21.9 Å². The molecule has 198 valence electrons. The molecule has 37 heavy (non-hydrogen) atoms. The summed E-state index contributed by atoms with van der Waals surface area (Å²) in [4.78, 5) is 32.6. The Bertz CT molecular complexity index is 1250. The molecule has 0 aliphatic carbocycles. The van der Waals surface area contributed by atoms with Crippen LogP contribution in [0, 0.1) is 0 Å². The standard InChI is InChI=1S/C26H32N4O6S/c1-26(2,3)36-25(32)22(30-37(33,34)21-8-5-4-6-9-21)18-29-24(31)19-11-13-20(14-12-19)35-17-7-10-23-27-15-16-28-23/h4-6,8-9,11-16,22,30H,7,10,17-18H2,1-3H3,(H,27,28)(H,29,31). The molecule has 0 saturated carbocycles. The Balaban J connectivity index is 1.58. The molecule has 2 aromatic carbocycles. The average Bonchev–Trinajstić information content (AvgIpc) is 3.38. The monoisotopic (exact) mass is 528 g/mol. The highest BCUT2D eigenvalue weighted by Crippen LogP contribution is 2.14. The highest BCUT2D eigenvalue weighted by atomic mass is 32.2. The van der Waals surface area contributed by atoms with Crippen LogP contribution in [0.25, 0.3) is 0 Å². The Labute approximate surface area is 216 Å². The van der Waals surface area contributed by atoms with Crippen molar-refractivity contribution in [3.05, 3.63) is 78.4 Å². The zero-order valence-electron chi connectivity index (χ0n) is 21.1. The van der Waals surface area contributed by atoms with Gasteiger partial charge in [-0.3, -0.25) is 9.59 Å². The van der Waals surface area contributed by atoms with Crippen molar-refractivity contribution in [3.63, 3.8) is 0 Å². The summed E-state index contributed by atoms with van der Waals surface area (Å²) in [5.41, 5.74) is -0.512. The molecule has 0 bridgehead atoms. The van der Waals surface area contributed by atoms with Gasteiger partial charge in [-0.2, -0.15) is 4.72 Å². The van der Waals surface area contributed by atoms with Gasteiger partial charge in [-0.1, -0.05) is 18.2 Å². The molecular weight excluding hydrogens is 496 g/mol. The molecule has 0 aliphatic heterocycles. The number of nitrogens with one attached hydrogen (secondary N) is 3. The van der Waals surface area contributed by atoms with Crippen LogP contribution < -0.4 is 14.8 Å². The number of amides is 1. The van der Waals surface area contributed by atoms with Crippen LogP contribution in [-0.4, -0.2) is 55.1 Å². The van der Waals surface area contributed by atoms with E-state index in [2.05, 4.69) is 20.0 Å². The highest BCUT2D eigenvalue weighted by molar-refractivity contribution is 7.89. The number of carbonyl (C=O) groups excluding carboxylic acids is 2. The van der Waals surface area contributed by atoms with Crippen LogP contribution in [0.2, 0.25) is 0 Å². The van der Waals surface area contributed by atoms with Crippen molar-refractivity contribution in [3.8, 4) is 5.75 Å². The number of benzene rings is 2. The van der Waals surface area contributed by atoms with Crippen molar-refractivity contribution in [1.82, 2.24) is 20.0 Å². The van der Waals surface area contributed by atoms with Crippen molar-refractivity contribution in [1.29, 1.82) is 0 Å². The largest absolute Gasteiger partial charge is 0.494 e. The van der Waals surface area contributed by atoms with Gasteiger partial charge in [0.05, 0.1) is 11.5 Å². The number of sulfonamides is 1. The minimum absolute atomic E-state index is 0.00497. The number of ether oxygens (including phenoxy) is 2. The fourth-order valence-electron chi connectivity index (χ4n) is 3.26. The van der Waals surface area contributed by atoms with E-state index in [-0.39, 0.29) is 11.4 Å². The molecule has 0 aliphatic rings. The first-order chi connectivity index (χ1) is 17.5. The number of aryl methyl sites for hydroxylation is 1. The fourth-order valence-corrected chi connectivity index (χ4v) is 4.47. The van der Waals surface area contributed by atoms with Gasteiger partial charge in [0.25, 0.3) is 5.91 Å². The van der Waals surface area contributed by atoms with E-state index in [0.29, 0.717) is 17.9 Å². The number of imidazole rings is 1. The minimum Gasteiger partial charge on any atom is -0.494 e. The molecule has 11 heteroatoms. The van der Waals surface area contributed by atoms with Gasteiger partial charge in [0.2, 0.25) is 10.0 Å². The van der Waals surface area contributed by atoms with Crippen molar-refractivity contribution in [2.24, 2.45) is 0 Å². The fraction of sp³-hybridized carbons (Fsp3) is 0.346. The zero-order valence-corrected chi connectivity index (χ0v) is 21.9. The van der Waals surface area contributed by atoms with E-state index in [4.69, 9.17) is 9.47 Å². The topological polar surface area (TPSA) is 139 Å². The first-order valence-corrected chi connectivity index (χ1v) is 13.3. The molecule has 1 aromatic heterocycles. The molecule has 3 rings (SSSR count). The van der Waals surface area contributed by atoms with Gasteiger partial charge in [-0.15, -0.1) is 0 Å². The van der Waals surface area contributed by atoms with E-state index < -0.39 is 33.5 Å². The highest BCUT2D eigenvalue weighted by Gasteiger charge is 2.30. The lowest BCUT2D eigenvalue weighted by Gasteiger charge is -2.24. The SMILES string of the molecule is CC(C)(C)OC(=O)C(CNC(=O)c1ccc(OCCCc2ncc[nH]2)cc1)NS(=O)(=O)c1ccccc1. The van der Waals surface area contributed by atoms with Crippen molar-refractivity contribution < 1.29 is 27.5 Å². The maximum atomic E-state index is 12.8. The van der Waals surface area contributed by atoms with Crippen LogP contribution in [0.15, 0.2) is 71.9 Å². The maximum Gasteiger partial charge on any atom is 0.326 e. The Hall–Kier alpha value is -3.70. The lowest BCUT2D eigenvalue weighted by atomic mass is 10.2. The van der Waals surface area contributed by atoms with Gasteiger partial charge < -0.3 is 19.8 Å². The number of esters is 1. The third-order valence-corrected chi connectivity index (χ3v) is 6.49. The molecule has 10 nitrogen and oxygen atoms in total. The predicted octanol–water partition coefficient (Wildman–Crippen LogP) is 2.84. The van der Waals surface area contributed by atoms with Crippen LogP contribution in [-0.2, 0) is 26.0 Å². The third-order valence-electron chi connectivity index (χ3n) is 5.01. The number of hydrogen-bond acceptors (Lipinski definition) is 7. The Kier molecular flexibility index (Phi) is 9.42. The number of H-pyrrole nitrogens is 1. The summed E-state index contributed by atoms with van der Waals surface area (Å²) in [5.74, 6) is 0.229. The van der Waals surface area contributed by atoms with E-state index >= 15 is 0 Å². The van der Waals surface area contributed by atoms with E-state index in [1.165, 1.54) is 12.1 Å². The zero-order chi connectivity index (χ0) is 26.9. The molecule has 3 N–H and O–H groups in total. The second kappa shape index (κ2) is 12.5. The molecule has 1 atom stereocenters. The second-order valence-electron chi connectivity index (χ2n) is 9.24. The minimum atomic E-state index is -4.03. The van der Waals surface area contributed by atoms with Gasteiger partial charge in [-0.05, 0) is 63.6 Å². The van der Waals surface area contributed by atoms with Gasteiger partial charge in [0.15, 0.2) is 0 Å². The Morgan fingerprint density at radius 1 is 1.05 bits per heavy atom. The number of aromatic nitrogens is 2. The quantitative estimate of drug-likeness (QED) is 0.243. The Morgan fingerprint density at radius 2 is 1.76 bits per heavy atom. The second-order valence-corrected chi connectivity index (χ2v) is 11.0. The van der Waals surface area contributed by atoms with Crippen molar-refractivity contribution in [2.75, 3.05) is 13.2 Å². The number of nitrogens with zero attached hydrogens (tertiary/aromatic N) is 1. The summed E-state index contributed by atoms with van der Waals surface area (Å²) in [6, 6.07) is 12.9. The van der Waals surface area contributed by atoms with Crippen molar-refractivity contribution in [2.45, 2.75) is 50.2 Å². The summed E-state index contributed by atoms with van der Waals surface area (Å²) >= 11 is 0.